The summed E-state index contributed by atoms with van der Waals surface area (Å²) in [4.78, 5) is 20.4. The second-order valence-corrected chi connectivity index (χ2v) is 10.8. The molecule has 12 heteroatoms. The summed E-state index contributed by atoms with van der Waals surface area (Å²) in [5.41, 5.74) is 1.28. The molecule has 0 saturated carbocycles. The molecule has 4 aromatic rings. The minimum atomic E-state index is -3.70. The highest BCUT2D eigenvalue weighted by Crippen LogP contribution is 2.35. The van der Waals surface area contributed by atoms with Crippen LogP contribution in [-0.2, 0) is 16.6 Å². The molecule has 6 rings (SSSR count). The van der Waals surface area contributed by atoms with Crippen molar-refractivity contribution >= 4 is 21.2 Å². The van der Waals surface area contributed by atoms with Crippen LogP contribution in [0.25, 0.3) is 11.2 Å². The van der Waals surface area contributed by atoms with Crippen LogP contribution >= 0.6 is 0 Å². The monoisotopic (exact) mass is 508 g/mol. The maximum atomic E-state index is 13.3. The zero-order chi connectivity index (χ0) is 24.7. The van der Waals surface area contributed by atoms with Gasteiger partial charge in [-0.25, -0.2) is 18.1 Å². The first-order valence-corrected chi connectivity index (χ1v) is 13.2. The number of aromatic amines is 1. The van der Waals surface area contributed by atoms with Crippen molar-refractivity contribution in [3.63, 3.8) is 0 Å². The van der Waals surface area contributed by atoms with E-state index in [1.165, 1.54) is 10.4 Å². The van der Waals surface area contributed by atoms with Gasteiger partial charge in [-0.05, 0) is 30.5 Å². The van der Waals surface area contributed by atoms with E-state index in [0.717, 1.165) is 5.56 Å². The number of H-pyrrole nitrogens is 1. The van der Waals surface area contributed by atoms with E-state index < -0.39 is 10.0 Å². The summed E-state index contributed by atoms with van der Waals surface area (Å²) in [6.07, 6.45) is 1.05. The molecule has 4 heterocycles. The topological polar surface area (TPSA) is 132 Å². The van der Waals surface area contributed by atoms with Gasteiger partial charge in [-0.3, -0.25) is 4.79 Å². The summed E-state index contributed by atoms with van der Waals surface area (Å²) in [5.74, 6) is 1.42. The molecule has 1 N–H and O–H groups in total. The van der Waals surface area contributed by atoms with Crippen molar-refractivity contribution in [1.29, 1.82) is 0 Å². The number of hydrogen-bond donors (Lipinski definition) is 1. The van der Waals surface area contributed by atoms with Gasteiger partial charge in [-0.2, -0.15) is 4.31 Å². The maximum absolute atomic E-state index is 13.3. The summed E-state index contributed by atoms with van der Waals surface area (Å²) < 4.78 is 40.7. The highest BCUT2D eigenvalue weighted by molar-refractivity contribution is 7.89. The highest BCUT2D eigenvalue weighted by Gasteiger charge is 2.32. The zero-order valence-electron chi connectivity index (χ0n) is 19.3. The van der Waals surface area contributed by atoms with Crippen LogP contribution in [0.4, 0.5) is 0 Å². The Morgan fingerprint density at radius 2 is 1.75 bits per heavy atom. The molecule has 36 heavy (non-hydrogen) atoms. The number of ether oxygens (including phenoxy) is 2. The number of hydrogen-bond acceptors (Lipinski definition) is 8. The molecule has 0 atom stereocenters. The average molecular weight is 509 g/mol. The molecular weight excluding hydrogens is 484 g/mol. The van der Waals surface area contributed by atoms with E-state index in [-0.39, 0.29) is 21.9 Å². The Morgan fingerprint density at radius 3 is 2.53 bits per heavy atom. The molecular formula is C24H24N6O5S. The molecule has 0 spiro atoms. The Labute approximate surface area is 206 Å². The number of fused-ring (bicyclic) bond motifs is 2. The molecule has 0 amide bonds. The summed E-state index contributed by atoms with van der Waals surface area (Å²) in [6, 6.07) is 14.4. The van der Waals surface area contributed by atoms with E-state index in [2.05, 4.69) is 15.3 Å². The fourth-order valence-electron chi connectivity index (χ4n) is 4.64. The Bertz CT molecular complexity index is 1580. The van der Waals surface area contributed by atoms with Gasteiger partial charge in [0.25, 0.3) is 5.56 Å². The van der Waals surface area contributed by atoms with Gasteiger partial charge in [0, 0.05) is 25.1 Å². The van der Waals surface area contributed by atoms with Crippen LogP contribution in [0, 0.1) is 0 Å². The van der Waals surface area contributed by atoms with E-state index >= 15 is 0 Å². The molecule has 186 valence electrons. The molecule has 1 saturated heterocycles. The first kappa shape index (κ1) is 22.7. The van der Waals surface area contributed by atoms with E-state index in [9.17, 15) is 13.2 Å². The zero-order valence-corrected chi connectivity index (χ0v) is 20.1. The lowest BCUT2D eigenvalue weighted by Crippen LogP contribution is -2.38. The van der Waals surface area contributed by atoms with Crippen molar-refractivity contribution in [2.75, 3.05) is 26.3 Å². The van der Waals surface area contributed by atoms with Crippen LogP contribution in [0.2, 0.25) is 0 Å². The Morgan fingerprint density at radius 1 is 1.00 bits per heavy atom. The standard InChI is InChI=1S/C24H24N6O5S/c31-24-21-23(30(28-27-21)15-16-4-2-1-3-5-16)25-22(26-24)17-8-10-29(11-9-17)36(32,33)18-6-7-19-20(14-18)35-13-12-34-19/h1-7,14,17H,8-13,15H2,(H,25,26,31). The van der Waals surface area contributed by atoms with Crippen molar-refractivity contribution in [2.45, 2.75) is 30.2 Å². The van der Waals surface area contributed by atoms with Crippen molar-refractivity contribution in [1.82, 2.24) is 29.3 Å². The van der Waals surface area contributed by atoms with Crippen LogP contribution in [0.5, 0.6) is 11.5 Å². The summed E-state index contributed by atoms with van der Waals surface area (Å²) >= 11 is 0. The predicted molar refractivity (Wildman–Crippen MR) is 130 cm³/mol. The van der Waals surface area contributed by atoms with E-state index in [1.54, 1.807) is 16.8 Å². The van der Waals surface area contributed by atoms with Gasteiger partial charge < -0.3 is 14.5 Å². The molecule has 2 aliphatic heterocycles. The molecule has 0 aliphatic carbocycles. The third-order valence-corrected chi connectivity index (χ3v) is 8.45. The first-order valence-electron chi connectivity index (χ1n) is 11.8. The summed E-state index contributed by atoms with van der Waals surface area (Å²) in [7, 11) is -3.70. The number of aromatic nitrogens is 5. The van der Waals surface area contributed by atoms with Gasteiger partial charge in [0.05, 0.1) is 11.4 Å². The largest absolute Gasteiger partial charge is 0.486 e. The maximum Gasteiger partial charge on any atom is 0.281 e. The van der Waals surface area contributed by atoms with Gasteiger partial charge in [-0.15, -0.1) is 5.10 Å². The quantitative estimate of drug-likeness (QED) is 0.432. The van der Waals surface area contributed by atoms with Gasteiger partial charge >= 0.3 is 0 Å². The predicted octanol–water partition coefficient (Wildman–Crippen LogP) is 1.90. The number of nitrogens with zero attached hydrogens (tertiary/aromatic N) is 5. The Balaban J connectivity index is 1.21. The first-order chi connectivity index (χ1) is 17.5. The van der Waals surface area contributed by atoms with Gasteiger partial charge in [0.1, 0.15) is 19.0 Å². The third-order valence-electron chi connectivity index (χ3n) is 6.56. The van der Waals surface area contributed by atoms with E-state index in [1.807, 2.05) is 30.3 Å². The lowest BCUT2D eigenvalue weighted by molar-refractivity contribution is 0.171. The van der Waals surface area contributed by atoms with Crippen LogP contribution in [0.3, 0.4) is 0 Å². The Hall–Kier alpha value is -3.77. The third kappa shape index (κ3) is 4.11. The smallest absolute Gasteiger partial charge is 0.281 e. The number of rotatable bonds is 5. The lowest BCUT2D eigenvalue weighted by atomic mass is 9.97. The van der Waals surface area contributed by atoms with Crippen LogP contribution in [0.15, 0.2) is 58.2 Å². The summed E-state index contributed by atoms with van der Waals surface area (Å²) in [6.45, 7) is 1.89. The van der Waals surface area contributed by atoms with Crippen molar-refractivity contribution in [2.24, 2.45) is 0 Å². The number of benzene rings is 2. The number of nitrogens with one attached hydrogen (secondary N) is 1. The van der Waals surface area contributed by atoms with Crippen LogP contribution < -0.4 is 15.0 Å². The van der Waals surface area contributed by atoms with Gasteiger partial charge in [0.15, 0.2) is 22.7 Å². The minimum absolute atomic E-state index is 0.0890. The SMILES string of the molecule is O=c1[nH]c(C2CCN(S(=O)(=O)c3ccc4c(c3)OCCO4)CC2)nc2c1nnn2Cc1ccccc1. The van der Waals surface area contributed by atoms with Gasteiger partial charge in [0.2, 0.25) is 10.0 Å². The molecule has 0 unspecified atom stereocenters. The second kappa shape index (κ2) is 9.03. The molecule has 11 nitrogen and oxygen atoms in total. The van der Waals surface area contributed by atoms with E-state index in [4.69, 9.17) is 14.5 Å². The van der Waals surface area contributed by atoms with Crippen molar-refractivity contribution < 1.29 is 17.9 Å². The molecule has 2 aromatic carbocycles. The minimum Gasteiger partial charge on any atom is -0.486 e. The number of sulfonamides is 1. The second-order valence-electron chi connectivity index (χ2n) is 8.84. The highest BCUT2D eigenvalue weighted by atomic mass is 32.2. The average Bonchev–Trinajstić information content (AvgIpc) is 3.32. The molecule has 2 aliphatic rings. The van der Waals surface area contributed by atoms with E-state index in [0.29, 0.717) is 68.7 Å². The summed E-state index contributed by atoms with van der Waals surface area (Å²) in [5, 5.41) is 8.13. The van der Waals surface area contributed by atoms with Crippen LogP contribution in [-0.4, -0.2) is 64.0 Å². The molecule has 0 radical (unpaired) electrons. The lowest BCUT2D eigenvalue weighted by Gasteiger charge is -2.31. The fraction of sp³-hybridized carbons (Fsp3) is 0.333. The van der Waals surface area contributed by atoms with Crippen LogP contribution in [0.1, 0.15) is 30.1 Å². The molecule has 1 fully saturated rings. The van der Waals surface area contributed by atoms with Gasteiger partial charge in [-0.1, -0.05) is 35.5 Å². The molecule has 0 bridgehead atoms. The number of piperidine rings is 1. The normalized spacial score (nSPS) is 16.9. The Kier molecular flexibility index (Phi) is 5.69. The fourth-order valence-corrected chi connectivity index (χ4v) is 6.13. The molecule has 2 aromatic heterocycles. The van der Waals surface area contributed by atoms with Crippen molar-refractivity contribution in [3.8, 4) is 11.5 Å². The van der Waals surface area contributed by atoms with Crippen molar-refractivity contribution in [3.05, 3.63) is 70.3 Å².